The van der Waals surface area contributed by atoms with Gasteiger partial charge in [0.25, 0.3) is 5.91 Å². The Kier molecular flexibility index (Phi) is 2.68. The Labute approximate surface area is 105 Å². The van der Waals surface area contributed by atoms with Crippen molar-refractivity contribution in [3.63, 3.8) is 0 Å². The van der Waals surface area contributed by atoms with Crippen molar-refractivity contribution in [3.05, 3.63) is 24.0 Å². The van der Waals surface area contributed by atoms with Gasteiger partial charge in [-0.3, -0.25) is 9.78 Å². The molecule has 0 radical (unpaired) electrons. The summed E-state index contributed by atoms with van der Waals surface area (Å²) in [7, 11) is 0. The molecule has 0 unspecified atom stereocenters. The predicted octanol–water partition coefficient (Wildman–Crippen LogP) is -0.0948. The lowest BCUT2D eigenvalue weighted by Crippen LogP contribution is -2.63. The van der Waals surface area contributed by atoms with E-state index in [1.807, 2.05) is 0 Å². The van der Waals surface area contributed by atoms with Gasteiger partial charge in [-0.25, -0.2) is 0 Å². The van der Waals surface area contributed by atoms with Crippen LogP contribution in [0.4, 0.5) is 5.69 Å². The molecule has 2 saturated heterocycles. The van der Waals surface area contributed by atoms with Crippen LogP contribution < -0.4 is 5.73 Å². The highest BCUT2D eigenvalue weighted by atomic mass is 16.6. The second-order valence-electron chi connectivity index (χ2n) is 4.73. The fourth-order valence-corrected chi connectivity index (χ4v) is 2.25. The number of aromatic nitrogens is 1. The number of ether oxygens (including phenoxy) is 2. The van der Waals surface area contributed by atoms with Crippen molar-refractivity contribution in [2.24, 2.45) is 0 Å². The maximum absolute atomic E-state index is 12.3. The molecule has 0 bridgehead atoms. The van der Waals surface area contributed by atoms with E-state index in [2.05, 4.69) is 4.98 Å². The molecule has 18 heavy (non-hydrogen) atoms. The summed E-state index contributed by atoms with van der Waals surface area (Å²) >= 11 is 0. The van der Waals surface area contributed by atoms with Crippen LogP contribution >= 0.6 is 0 Å². The molecule has 0 aliphatic carbocycles. The molecule has 3 rings (SSSR count). The van der Waals surface area contributed by atoms with Crippen LogP contribution in [0.3, 0.4) is 0 Å². The second-order valence-corrected chi connectivity index (χ2v) is 4.73. The Hall–Kier alpha value is -1.66. The number of morpholine rings is 1. The van der Waals surface area contributed by atoms with Gasteiger partial charge in [0.1, 0.15) is 11.3 Å². The molecular weight excluding hydrogens is 234 g/mol. The third-order valence-electron chi connectivity index (χ3n) is 3.27. The third kappa shape index (κ3) is 1.93. The summed E-state index contributed by atoms with van der Waals surface area (Å²) < 4.78 is 10.8. The van der Waals surface area contributed by atoms with E-state index in [4.69, 9.17) is 15.2 Å². The first-order chi connectivity index (χ1) is 8.69. The maximum atomic E-state index is 12.3. The Bertz CT molecular complexity index is 473. The average Bonchev–Trinajstić information content (AvgIpc) is 2.36. The molecule has 2 fully saturated rings. The third-order valence-corrected chi connectivity index (χ3v) is 3.27. The standard InChI is InChI=1S/C12H15N3O3/c13-9-1-2-14-10(5-9)11(16)15-3-4-18-12(6-15)7-17-8-12/h1-2,5H,3-4,6-8H2,(H2,13,14). The first-order valence-corrected chi connectivity index (χ1v) is 5.91. The van der Waals surface area contributed by atoms with E-state index >= 15 is 0 Å². The lowest BCUT2D eigenvalue weighted by atomic mass is 9.99. The summed E-state index contributed by atoms with van der Waals surface area (Å²) in [5, 5.41) is 0. The van der Waals surface area contributed by atoms with Gasteiger partial charge in [-0.05, 0) is 12.1 Å². The zero-order chi connectivity index (χ0) is 12.6. The highest BCUT2D eigenvalue weighted by molar-refractivity contribution is 5.93. The van der Waals surface area contributed by atoms with Crippen molar-refractivity contribution >= 4 is 11.6 Å². The Morgan fingerprint density at radius 3 is 3.00 bits per heavy atom. The number of hydrogen-bond acceptors (Lipinski definition) is 5. The molecule has 3 heterocycles. The van der Waals surface area contributed by atoms with Crippen LogP contribution in [0.1, 0.15) is 10.5 Å². The molecule has 6 heteroatoms. The number of nitrogens with two attached hydrogens (primary N) is 1. The van der Waals surface area contributed by atoms with Crippen LogP contribution in [0, 0.1) is 0 Å². The van der Waals surface area contributed by atoms with Crippen LogP contribution in [0.15, 0.2) is 18.3 Å². The predicted molar refractivity (Wildman–Crippen MR) is 64.1 cm³/mol. The maximum Gasteiger partial charge on any atom is 0.272 e. The normalized spacial score (nSPS) is 21.7. The van der Waals surface area contributed by atoms with E-state index in [-0.39, 0.29) is 11.5 Å². The molecular formula is C12H15N3O3. The fraction of sp³-hybridized carbons (Fsp3) is 0.500. The van der Waals surface area contributed by atoms with Crippen molar-refractivity contribution in [2.45, 2.75) is 5.60 Å². The minimum Gasteiger partial charge on any atom is -0.399 e. The summed E-state index contributed by atoms with van der Waals surface area (Å²) in [6.07, 6.45) is 1.55. The molecule has 1 aromatic heterocycles. The van der Waals surface area contributed by atoms with Crippen LogP contribution in [0.25, 0.3) is 0 Å². The number of pyridine rings is 1. The van der Waals surface area contributed by atoms with Gasteiger partial charge in [0, 0.05) is 18.4 Å². The summed E-state index contributed by atoms with van der Waals surface area (Å²) in [6, 6.07) is 3.26. The number of nitrogens with zero attached hydrogens (tertiary/aromatic N) is 2. The topological polar surface area (TPSA) is 77.7 Å². The number of carbonyl (C=O) groups is 1. The quantitative estimate of drug-likeness (QED) is 0.752. The monoisotopic (exact) mass is 249 g/mol. The number of anilines is 1. The van der Waals surface area contributed by atoms with Crippen LogP contribution in [0.5, 0.6) is 0 Å². The zero-order valence-corrected chi connectivity index (χ0v) is 9.96. The van der Waals surface area contributed by atoms with Gasteiger partial charge in [-0.2, -0.15) is 0 Å². The molecule has 2 aliphatic rings. The number of rotatable bonds is 1. The summed E-state index contributed by atoms with van der Waals surface area (Å²) in [5.74, 6) is -0.100. The summed E-state index contributed by atoms with van der Waals surface area (Å²) in [5.41, 5.74) is 6.29. The van der Waals surface area contributed by atoms with E-state index in [1.165, 1.54) is 0 Å². The molecule has 96 valence electrons. The lowest BCUT2D eigenvalue weighted by molar-refractivity contribution is -0.232. The Morgan fingerprint density at radius 2 is 2.33 bits per heavy atom. The van der Waals surface area contributed by atoms with E-state index in [9.17, 15) is 4.79 Å². The van der Waals surface area contributed by atoms with Crippen LogP contribution in [-0.2, 0) is 9.47 Å². The van der Waals surface area contributed by atoms with Gasteiger partial charge in [0.15, 0.2) is 0 Å². The minimum absolute atomic E-state index is 0.100. The number of nitrogen functional groups attached to an aromatic ring is 1. The van der Waals surface area contributed by atoms with Gasteiger partial charge >= 0.3 is 0 Å². The smallest absolute Gasteiger partial charge is 0.272 e. The van der Waals surface area contributed by atoms with Gasteiger partial charge in [0.05, 0.1) is 26.4 Å². The largest absolute Gasteiger partial charge is 0.399 e. The van der Waals surface area contributed by atoms with E-state index in [0.29, 0.717) is 44.3 Å². The van der Waals surface area contributed by atoms with Gasteiger partial charge < -0.3 is 20.1 Å². The second kappa shape index (κ2) is 4.22. The Balaban J connectivity index is 1.76. The van der Waals surface area contributed by atoms with Crippen molar-refractivity contribution in [2.75, 3.05) is 38.6 Å². The number of hydrogen-bond donors (Lipinski definition) is 1. The molecule has 0 aromatic carbocycles. The number of carbonyl (C=O) groups excluding carboxylic acids is 1. The molecule has 1 spiro atoms. The van der Waals surface area contributed by atoms with Crippen molar-refractivity contribution in [1.29, 1.82) is 0 Å². The number of amides is 1. The van der Waals surface area contributed by atoms with Gasteiger partial charge in [-0.15, -0.1) is 0 Å². The lowest BCUT2D eigenvalue weighted by Gasteiger charge is -2.47. The van der Waals surface area contributed by atoms with E-state index < -0.39 is 0 Å². The van der Waals surface area contributed by atoms with Crippen LogP contribution in [0.2, 0.25) is 0 Å². The first kappa shape index (κ1) is 11.4. The van der Waals surface area contributed by atoms with Gasteiger partial charge in [0.2, 0.25) is 0 Å². The highest BCUT2D eigenvalue weighted by Crippen LogP contribution is 2.26. The first-order valence-electron chi connectivity index (χ1n) is 5.91. The minimum atomic E-state index is -0.297. The van der Waals surface area contributed by atoms with Crippen molar-refractivity contribution < 1.29 is 14.3 Å². The molecule has 0 saturated carbocycles. The summed E-state index contributed by atoms with van der Waals surface area (Å²) in [4.78, 5) is 18.1. The van der Waals surface area contributed by atoms with Crippen molar-refractivity contribution in [3.8, 4) is 0 Å². The van der Waals surface area contributed by atoms with Crippen molar-refractivity contribution in [1.82, 2.24) is 9.88 Å². The SMILES string of the molecule is Nc1ccnc(C(=O)N2CCOC3(COC3)C2)c1. The molecule has 0 atom stereocenters. The van der Waals surface area contributed by atoms with Crippen LogP contribution in [-0.4, -0.2) is 54.3 Å². The fourth-order valence-electron chi connectivity index (χ4n) is 2.25. The van der Waals surface area contributed by atoms with E-state index in [0.717, 1.165) is 0 Å². The summed E-state index contributed by atoms with van der Waals surface area (Å²) in [6.45, 7) is 2.79. The average molecular weight is 249 g/mol. The molecule has 6 nitrogen and oxygen atoms in total. The van der Waals surface area contributed by atoms with Gasteiger partial charge in [-0.1, -0.05) is 0 Å². The Morgan fingerprint density at radius 1 is 1.50 bits per heavy atom. The van der Waals surface area contributed by atoms with E-state index in [1.54, 1.807) is 23.2 Å². The highest BCUT2D eigenvalue weighted by Gasteiger charge is 2.45. The molecule has 2 N–H and O–H groups in total. The molecule has 1 amide bonds. The zero-order valence-electron chi connectivity index (χ0n) is 9.96. The molecule has 2 aliphatic heterocycles. The molecule has 1 aromatic rings.